The van der Waals surface area contributed by atoms with Crippen molar-refractivity contribution in [3.05, 3.63) is 47.0 Å². The van der Waals surface area contributed by atoms with Gasteiger partial charge in [0.25, 0.3) is 0 Å². The molecule has 1 saturated carbocycles. The zero-order valence-electron chi connectivity index (χ0n) is 19.1. The Bertz CT molecular complexity index is 882. The van der Waals surface area contributed by atoms with E-state index in [0.29, 0.717) is 29.0 Å². The molecule has 1 aliphatic carbocycles. The summed E-state index contributed by atoms with van der Waals surface area (Å²) in [5.74, 6) is 1.46. The number of carbonyl (C=O) groups excluding carboxylic acids is 1. The van der Waals surface area contributed by atoms with Gasteiger partial charge in [0.1, 0.15) is 0 Å². The van der Waals surface area contributed by atoms with Crippen molar-refractivity contribution in [3.63, 3.8) is 0 Å². The summed E-state index contributed by atoms with van der Waals surface area (Å²) in [7, 11) is 6.76. The third-order valence-corrected chi connectivity index (χ3v) is 6.20. The fourth-order valence-corrected chi connectivity index (χ4v) is 4.37. The smallest absolute Gasteiger partial charge is 0.319 e. The van der Waals surface area contributed by atoms with Crippen LogP contribution in [0.25, 0.3) is 0 Å². The quantitative estimate of drug-likeness (QED) is 0.571. The molecule has 3 rings (SSSR count). The summed E-state index contributed by atoms with van der Waals surface area (Å²) in [5, 5.41) is 6.79. The standard InChI is InChI=1S/C24H32ClN3O4/c1-28(13-12-16-8-10-17(25)11-9-16)20-7-5-6-19(20)27-24(29)26-18-14-21(30-2)23(32-4)22(15-18)31-3/h8-11,14-15,19-20H,5-7,12-13H2,1-4H3,(H2,26,27,29). The minimum atomic E-state index is -0.248. The Hall–Kier alpha value is -2.64. The van der Waals surface area contributed by atoms with Gasteiger partial charge in [-0.15, -0.1) is 0 Å². The van der Waals surface area contributed by atoms with Crippen molar-refractivity contribution in [1.82, 2.24) is 10.2 Å². The number of carbonyl (C=O) groups is 1. The van der Waals surface area contributed by atoms with Gasteiger partial charge in [0.2, 0.25) is 5.75 Å². The molecule has 0 aliphatic heterocycles. The van der Waals surface area contributed by atoms with Crippen molar-refractivity contribution in [3.8, 4) is 17.2 Å². The highest BCUT2D eigenvalue weighted by molar-refractivity contribution is 6.30. The Labute approximate surface area is 195 Å². The zero-order chi connectivity index (χ0) is 23.1. The summed E-state index contributed by atoms with van der Waals surface area (Å²) in [6.45, 7) is 0.916. The Balaban J connectivity index is 1.58. The second-order valence-corrected chi connectivity index (χ2v) is 8.41. The van der Waals surface area contributed by atoms with E-state index in [4.69, 9.17) is 25.8 Å². The van der Waals surface area contributed by atoms with Crippen LogP contribution in [-0.2, 0) is 6.42 Å². The van der Waals surface area contributed by atoms with Crippen LogP contribution in [0.2, 0.25) is 5.02 Å². The Morgan fingerprint density at radius 2 is 1.72 bits per heavy atom. The van der Waals surface area contributed by atoms with E-state index in [1.54, 1.807) is 33.5 Å². The molecule has 32 heavy (non-hydrogen) atoms. The summed E-state index contributed by atoms with van der Waals surface area (Å²) < 4.78 is 16.1. The number of ether oxygens (including phenoxy) is 3. The Morgan fingerprint density at radius 1 is 1.06 bits per heavy atom. The summed E-state index contributed by atoms with van der Waals surface area (Å²) >= 11 is 5.98. The summed E-state index contributed by atoms with van der Waals surface area (Å²) in [6.07, 6.45) is 4.05. The van der Waals surface area contributed by atoms with Crippen molar-refractivity contribution >= 4 is 23.3 Å². The van der Waals surface area contributed by atoms with E-state index in [0.717, 1.165) is 37.3 Å². The molecule has 1 aliphatic rings. The van der Waals surface area contributed by atoms with E-state index in [1.165, 1.54) is 5.56 Å². The number of benzene rings is 2. The van der Waals surface area contributed by atoms with Gasteiger partial charge < -0.3 is 29.7 Å². The van der Waals surface area contributed by atoms with Gasteiger partial charge in [-0.1, -0.05) is 23.7 Å². The molecule has 0 radical (unpaired) electrons. The summed E-state index contributed by atoms with van der Waals surface area (Å²) in [6, 6.07) is 11.5. The van der Waals surface area contributed by atoms with Crippen molar-refractivity contribution in [2.45, 2.75) is 37.8 Å². The predicted molar refractivity (Wildman–Crippen MR) is 127 cm³/mol. The number of anilines is 1. The third-order valence-electron chi connectivity index (χ3n) is 5.95. The number of methoxy groups -OCH3 is 3. The first-order valence-corrected chi connectivity index (χ1v) is 11.1. The minimum Gasteiger partial charge on any atom is -0.493 e. The van der Waals surface area contributed by atoms with Crippen LogP contribution in [0.15, 0.2) is 36.4 Å². The monoisotopic (exact) mass is 461 g/mol. The van der Waals surface area contributed by atoms with E-state index in [2.05, 4.69) is 34.7 Å². The summed E-state index contributed by atoms with van der Waals surface area (Å²) in [4.78, 5) is 15.1. The highest BCUT2D eigenvalue weighted by Gasteiger charge is 2.31. The van der Waals surface area contributed by atoms with Gasteiger partial charge in [-0.05, 0) is 50.4 Å². The number of halogens is 1. The number of amides is 2. The van der Waals surface area contributed by atoms with Crippen LogP contribution in [0.3, 0.4) is 0 Å². The molecule has 2 aromatic rings. The molecule has 8 heteroatoms. The second kappa shape index (κ2) is 11.3. The molecule has 1 fully saturated rings. The molecule has 2 N–H and O–H groups in total. The van der Waals surface area contributed by atoms with Gasteiger partial charge in [-0.3, -0.25) is 0 Å². The molecular formula is C24H32ClN3O4. The first kappa shape index (κ1) is 24.0. The number of nitrogens with one attached hydrogen (secondary N) is 2. The second-order valence-electron chi connectivity index (χ2n) is 7.97. The lowest BCUT2D eigenvalue weighted by atomic mass is 10.1. The van der Waals surface area contributed by atoms with Crippen LogP contribution in [0.4, 0.5) is 10.5 Å². The highest BCUT2D eigenvalue weighted by Crippen LogP contribution is 2.40. The Morgan fingerprint density at radius 3 is 2.31 bits per heavy atom. The molecule has 2 atom stereocenters. The number of hydrogen-bond donors (Lipinski definition) is 2. The van der Waals surface area contributed by atoms with E-state index >= 15 is 0 Å². The first-order chi connectivity index (χ1) is 15.4. The number of urea groups is 1. The van der Waals surface area contributed by atoms with Crippen molar-refractivity contribution in [1.29, 1.82) is 0 Å². The van der Waals surface area contributed by atoms with Crippen LogP contribution in [0.5, 0.6) is 17.2 Å². The van der Waals surface area contributed by atoms with Gasteiger partial charge in [0.05, 0.1) is 27.0 Å². The molecule has 0 aromatic heterocycles. The highest BCUT2D eigenvalue weighted by atomic mass is 35.5. The van der Waals surface area contributed by atoms with Crippen LogP contribution in [0, 0.1) is 0 Å². The predicted octanol–water partition coefficient (Wildman–Crippen LogP) is 4.58. The van der Waals surface area contributed by atoms with Crippen LogP contribution < -0.4 is 24.8 Å². The number of likely N-dealkylation sites (N-methyl/N-ethyl adjacent to an activating group) is 1. The SMILES string of the molecule is COc1cc(NC(=O)NC2CCCC2N(C)CCc2ccc(Cl)cc2)cc(OC)c1OC. The molecule has 0 saturated heterocycles. The lowest BCUT2D eigenvalue weighted by Gasteiger charge is -2.30. The maximum Gasteiger partial charge on any atom is 0.319 e. The van der Waals surface area contributed by atoms with Crippen LogP contribution in [0.1, 0.15) is 24.8 Å². The van der Waals surface area contributed by atoms with Crippen molar-refractivity contribution in [2.75, 3.05) is 40.2 Å². The number of hydrogen-bond acceptors (Lipinski definition) is 5. The lowest BCUT2D eigenvalue weighted by Crippen LogP contribution is -2.49. The molecule has 7 nitrogen and oxygen atoms in total. The normalized spacial score (nSPS) is 17.8. The number of nitrogens with zero attached hydrogens (tertiary/aromatic N) is 1. The van der Waals surface area contributed by atoms with Crippen LogP contribution >= 0.6 is 11.6 Å². The van der Waals surface area contributed by atoms with E-state index in [1.807, 2.05) is 12.1 Å². The molecule has 174 valence electrons. The topological polar surface area (TPSA) is 72.1 Å². The maximum absolute atomic E-state index is 12.7. The number of rotatable bonds is 9. The Kier molecular flexibility index (Phi) is 8.47. The fraction of sp³-hybridized carbons (Fsp3) is 0.458. The van der Waals surface area contributed by atoms with Crippen molar-refractivity contribution < 1.29 is 19.0 Å². The molecule has 0 bridgehead atoms. The van der Waals surface area contributed by atoms with Gasteiger partial charge in [-0.2, -0.15) is 0 Å². The molecule has 2 aromatic carbocycles. The van der Waals surface area contributed by atoms with Gasteiger partial charge >= 0.3 is 6.03 Å². The van der Waals surface area contributed by atoms with Crippen molar-refractivity contribution in [2.24, 2.45) is 0 Å². The minimum absolute atomic E-state index is 0.0901. The average molecular weight is 462 g/mol. The van der Waals surface area contributed by atoms with Crippen LogP contribution in [-0.4, -0.2) is 57.9 Å². The van der Waals surface area contributed by atoms with E-state index < -0.39 is 0 Å². The van der Waals surface area contributed by atoms with E-state index in [9.17, 15) is 4.79 Å². The molecule has 2 amide bonds. The molecular weight excluding hydrogens is 430 g/mol. The first-order valence-electron chi connectivity index (χ1n) is 10.8. The molecule has 0 heterocycles. The van der Waals surface area contributed by atoms with Gasteiger partial charge in [0, 0.05) is 35.8 Å². The maximum atomic E-state index is 12.7. The largest absolute Gasteiger partial charge is 0.493 e. The zero-order valence-corrected chi connectivity index (χ0v) is 19.9. The fourth-order valence-electron chi connectivity index (χ4n) is 4.25. The molecule has 0 spiro atoms. The average Bonchev–Trinajstić information content (AvgIpc) is 3.25. The van der Waals surface area contributed by atoms with Gasteiger partial charge in [-0.25, -0.2) is 4.79 Å². The van der Waals surface area contributed by atoms with Gasteiger partial charge in [0.15, 0.2) is 11.5 Å². The molecule has 2 unspecified atom stereocenters. The lowest BCUT2D eigenvalue weighted by molar-refractivity contribution is 0.208. The third kappa shape index (κ3) is 5.99. The summed E-state index contributed by atoms with van der Waals surface area (Å²) in [5.41, 5.74) is 1.83. The van der Waals surface area contributed by atoms with E-state index in [-0.39, 0.29) is 12.1 Å².